The minimum Gasteiger partial charge on any atom is -0.493 e. The molecule has 0 spiro atoms. The maximum absolute atomic E-state index is 10.3. The molecule has 0 fully saturated rings. The molecule has 1 aliphatic rings. The Kier molecular flexibility index (Phi) is 7.12. The van der Waals surface area contributed by atoms with Crippen LogP contribution in [-0.4, -0.2) is 31.9 Å². The summed E-state index contributed by atoms with van der Waals surface area (Å²) in [5.41, 5.74) is 3.58. The molecule has 0 bridgehead atoms. The number of aliphatic hydroxyl groups excluding tert-OH is 1. The summed E-state index contributed by atoms with van der Waals surface area (Å²) in [6, 6.07) is 14.3. The van der Waals surface area contributed by atoms with Gasteiger partial charge in [0, 0.05) is 12.6 Å². The highest BCUT2D eigenvalue weighted by molar-refractivity contribution is 5.85. The highest BCUT2D eigenvalue weighted by Crippen LogP contribution is 2.34. The summed E-state index contributed by atoms with van der Waals surface area (Å²) in [6.07, 6.45) is 2.54. The largest absolute Gasteiger partial charge is 0.493 e. The Morgan fingerprint density at radius 2 is 1.72 bits per heavy atom. The van der Waals surface area contributed by atoms with Crippen LogP contribution in [0.25, 0.3) is 0 Å². The second kappa shape index (κ2) is 9.09. The number of nitrogens with one attached hydrogen (secondary N) is 1. The third-order valence-corrected chi connectivity index (χ3v) is 4.72. The summed E-state index contributed by atoms with van der Waals surface area (Å²) in [6.45, 7) is 0.567. The molecule has 0 aromatic heterocycles. The van der Waals surface area contributed by atoms with E-state index in [0.29, 0.717) is 12.6 Å². The fourth-order valence-electron chi connectivity index (χ4n) is 3.33. The third-order valence-electron chi connectivity index (χ3n) is 4.72. The number of aryl methyl sites for hydroxylation is 1. The van der Waals surface area contributed by atoms with Crippen molar-refractivity contribution in [1.82, 2.24) is 5.32 Å². The fraction of sp³-hybridized carbons (Fsp3) is 0.400. The molecule has 2 aromatic rings. The number of aliphatic hydroxyl groups is 1. The van der Waals surface area contributed by atoms with Gasteiger partial charge in [0.2, 0.25) is 0 Å². The SMILES string of the molecule is COc1cc2c(cc1OC)CC(NCC(O)c1ccccc1)CC2.Cl. The van der Waals surface area contributed by atoms with E-state index in [-0.39, 0.29) is 12.4 Å². The Balaban J connectivity index is 0.00000225. The second-order valence-electron chi connectivity index (χ2n) is 6.25. The first-order valence-electron chi connectivity index (χ1n) is 8.41. The molecule has 0 radical (unpaired) electrons. The van der Waals surface area contributed by atoms with Crippen molar-refractivity contribution in [2.75, 3.05) is 20.8 Å². The predicted octanol–water partition coefficient (Wildman–Crippen LogP) is 3.31. The normalized spacial score (nSPS) is 17.2. The molecule has 2 atom stereocenters. The van der Waals surface area contributed by atoms with E-state index in [9.17, 15) is 5.11 Å². The first-order valence-corrected chi connectivity index (χ1v) is 8.41. The van der Waals surface area contributed by atoms with Gasteiger partial charge in [-0.1, -0.05) is 30.3 Å². The van der Waals surface area contributed by atoms with Crippen LogP contribution in [-0.2, 0) is 12.8 Å². The van der Waals surface area contributed by atoms with E-state index in [1.54, 1.807) is 14.2 Å². The number of fused-ring (bicyclic) bond motifs is 1. The highest BCUT2D eigenvalue weighted by Gasteiger charge is 2.21. The van der Waals surface area contributed by atoms with Gasteiger partial charge < -0.3 is 19.9 Å². The van der Waals surface area contributed by atoms with E-state index in [2.05, 4.69) is 17.4 Å². The van der Waals surface area contributed by atoms with Crippen molar-refractivity contribution < 1.29 is 14.6 Å². The van der Waals surface area contributed by atoms with Gasteiger partial charge in [0.05, 0.1) is 20.3 Å². The van der Waals surface area contributed by atoms with Crippen LogP contribution in [0.1, 0.15) is 29.2 Å². The Hall–Kier alpha value is -1.75. The molecule has 0 aliphatic heterocycles. The zero-order chi connectivity index (χ0) is 16.9. The van der Waals surface area contributed by atoms with Gasteiger partial charge in [0.25, 0.3) is 0 Å². The molecule has 2 aromatic carbocycles. The van der Waals surface area contributed by atoms with Gasteiger partial charge in [-0.05, 0) is 48.1 Å². The van der Waals surface area contributed by atoms with Crippen molar-refractivity contribution in [2.45, 2.75) is 31.4 Å². The summed E-state index contributed by atoms with van der Waals surface area (Å²) in [4.78, 5) is 0. The predicted molar refractivity (Wildman–Crippen MR) is 102 cm³/mol. The molecule has 0 amide bonds. The van der Waals surface area contributed by atoms with E-state index in [4.69, 9.17) is 9.47 Å². The van der Waals surface area contributed by atoms with Gasteiger partial charge in [-0.2, -0.15) is 0 Å². The van der Waals surface area contributed by atoms with Crippen LogP contribution in [0.4, 0.5) is 0 Å². The lowest BCUT2D eigenvalue weighted by Gasteiger charge is -2.27. The van der Waals surface area contributed by atoms with Gasteiger partial charge in [-0.15, -0.1) is 12.4 Å². The van der Waals surface area contributed by atoms with E-state index >= 15 is 0 Å². The molecule has 4 nitrogen and oxygen atoms in total. The molecule has 0 heterocycles. The number of hydrogen-bond donors (Lipinski definition) is 2. The average Bonchev–Trinajstić information content (AvgIpc) is 2.65. The van der Waals surface area contributed by atoms with Crippen LogP contribution in [0.5, 0.6) is 11.5 Å². The molecule has 25 heavy (non-hydrogen) atoms. The van der Waals surface area contributed by atoms with E-state index in [1.807, 2.05) is 30.3 Å². The van der Waals surface area contributed by atoms with E-state index in [1.165, 1.54) is 11.1 Å². The molecular weight excluding hydrogens is 338 g/mol. The summed E-state index contributed by atoms with van der Waals surface area (Å²) in [5.74, 6) is 1.57. The van der Waals surface area contributed by atoms with E-state index in [0.717, 1.165) is 36.3 Å². The molecule has 1 aliphatic carbocycles. The quantitative estimate of drug-likeness (QED) is 0.826. The second-order valence-corrected chi connectivity index (χ2v) is 6.25. The fourth-order valence-corrected chi connectivity index (χ4v) is 3.33. The zero-order valence-corrected chi connectivity index (χ0v) is 15.5. The third kappa shape index (κ3) is 4.66. The van der Waals surface area contributed by atoms with Crippen LogP contribution >= 0.6 is 12.4 Å². The number of halogens is 1. The number of hydrogen-bond acceptors (Lipinski definition) is 4. The highest BCUT2D eigenvalue weighted by atomic mass is 35.5. The minimum absolute atomic E-state index is 0. The first-order chi connectivity index (χ1) is 11.7. The van der Waals surface area contributed by atoms with Gasteiger partial charge in [-0.3, -0.25) is 0 Å². The smallest absolute Gasteiger partial charge is 0.161 e. The van der Waals surface area contributed by atoms with Crippen molar-refractivity contribution in [3.63, 3.8) is 0 Å². The molecule has 5 heteroatoms. The van der Waals surface area contributed by atoms with Gasteiger partial charge in [-0.25, -0.2) is 0 Å². The van der Waals surface area contributed by atoms with Crippen molar-refractivity contribution in [3.05, 3.63) is 59.2 Å². The number of rotatable bonds is 6. The molecule has 3 rings (SSSR count). The lowest BCUT2D eigenvalue weighted by molar-refractivity contribution is 0.168. The lowest BCUT2D eigenvalue weighted by atomic mass is 9.87. The molecule has 136 valence electrons. The Bertz CT molecular complexity index is 678. The zero-order valence-electron chi connectivity index (χ0n) is 14.7. The molecule has 0 saturated carbocycles. The lowest BCUT2D eigenvalue weighted by Crippen LogP contribution is -2.37. The standard InChI is InChI=1S/C20H25NO3.ClH/c1-23-19-11-15-8-9-17(10-16(15)12-20(19)24-2)21-13-18(22)14-6-4-3-5-7-14;/h3-7,11-12,17-18,21-22H,8-10,13H2,1-2H3;1H. The summed E-state index contributed by atoms with van der Waals surface area (Å²) in [5, 5.41) is 13.8. The van der Waals surface area contributed by atoms with E-state index < -0.39 is 6.10 Å². The molecule has 2 unspecified atom stereocenters. The topological polar surface area (TPSA) is 50.7 Å². The number of ether oxygens (including phenoxy) is 2. The molecule has 0 saturated heterocycles. The number of methoxy groups -OCH3 is 2. The Morgan fingerprint density at radius 1 is 1.08 bits per heavy atom. The van der Waals surface area contributed by atoms with Crippen LogP contribution in [0.15, 0.2) is 42.5 Å². The van der Waals surface area contributed by atoms with Crippen LogP contribution in [0.2, 0.25) is 0 Å². The first kappa shape index (κ1) is 19.6. The Morgan fingerprint density at radius 3 is 2.36 bits per heavy atom. The molecule has 2 N–H and O–H groups in total. The van der Waals surface area contributed by atoms with Gasteiger partial charge in [0.1, 0.15) is 0 Å². The van der Waals surface area contributed by atoms with Crippen LogP contribution in [0, 0.1) is 0 Å². The van der Waals surface area contributed by atoms with Crippen molar-refractivity contribution in [1.29, 1.82) is 0 Å². The monoisotopic (exact) mass is 363 g/mol. The summed E-state index contributed by atoms with van der Waals surface area (Å²) in [7, 11) is 3.33. The summed E-state index contributed by atoms with van der Waals surface area (Å²) < 4.78 is 10.8. The van der Waals surface area contributed by atoms with Crippen molar-refractivity contribution in [3.8, 4) is 11.5 Å². The summed E-state index contributed by atoms with van der Waals surface area (Å²) >= 11 is 0. The van der Waals surface area contributed by atoms with Gasteiger partial charge >= 0.3 is 0 Å². The minimum atomic E-state index is -0.474. The maximum atomic E-state index is 10.3. The van der Waals surface area contributed by atoms with Crippen LogP contribution < -0.4 is 14.8 Å². The van der Waals surface area contributed by atoms with Crippen LogP contribution in [0.3, 0.4) is 0 Å². The molecular formula is C20H26ClNO3. The number of benzene rings is 2. The van der Waals surface area contributed by atoms with Crippen molar-refractivity contribution in [2.24, 2.45) is 0 Å². The van der Waals surface area contributed by atoms with Gasteiger partial charge in [0.15, 0.2) is 11.5 Å². The average molecular weight is 364 g/mol. The Labute approximate surface area is 155 Å². The maximum Gasteiger partial charge on any atom is 0.161 e. The van der Waals surface area contributed by atoms with Crippen molar-refractivity contribution >= 4 is 12.4 Å².